The van der Waals surface area contributed by atoms with E-state index in [0.717, 1.165) is 18.4 Å². The summed E-state index contributed by atoms with van der Waals surface area (Å²) in [6.07, 6.45) is 4.15. The summed E-state index contributed by atoms with van der Waals surface area (Å²) in [6.45, 7) is 3.41. The zero-order valence-electron chi connectivity index (χ0n) is 16.7. The Kier molecular flexibility index (Phi) is 5.42. The summed E-state index contributed by atoms with van der Waals surface area (Å²) in [7, 11) is 4.14. The number of benzene rings is 1. The highest BCUT2D eigenvalue weighted by Gasteiger charge is 2.33. The molecule has 3 aromatic rings. The van der Waals surface area contributed by atoms with Crippen LogP contribution in [-0.2, 0) is 6.54 Å². The number of hydrogen-bond acceptors (Lipinski definition) is 3. The van der Waals surface area contributed by atoms with Crippen molar-refractivity contribution < 1.29 is 4.79 Å². The molecular formula is C22H28N4OS. The van der Waals surface area contributed by atoms with Gasteiger partial charge in [0.1, 0.15) is 0 Å². The van der Waals surface area contributed by atoms with Crippen LogP contribution in [0.3, 0.4) is 0 Å². The van der Waals surface area contributed by atoms with Crippen molar-refractivity contribution in [3.05, 3.63) is 57.9 Å². The van der Waals surface area contributed by atoms with Crippen LogP contribution in [0, 0.1) is 6.92 Å². The average molecular weight is 397 g/mol. The molecule has 1 aromatic carbocycles. The molecule has 2 aromatic heterocycles. The van der Waals surface area contributed by atoms with E-state index in [2.05, 4.69) is 71.9 Å². The van der Waals surface area contributed by atoms with E-state index in [1.54, 1.807) is 11.3 Å². The van der Waals surface area contributed by atoms with Gasteiger partial charge in [0, 0.05) is 35.7 Å². The van der Waals surface area contributed by atoms with Gasteiger partial charge < -0.3 is 20.1 Å². The molecule has 0 saturated heterocycles. The first-order chi connectivity index (χ1) is 13.5. The van der Waals surface area contributed by atoms with Crippen molar-refractivity contribution in [2.75, 3.05) is 20.6 Å². The molecule has 0 radical (unpaired) electrons. The van der Waals surface area contributed by atoms with Crippen LogP contribution in [0.2, 0.25) is 0 Å². The number of thiophene rings is 1. The lowest BCUT2D eigenvalue weighted by Crippen LogP contribution is -2.44. The first-order valence-electron chi connectivity index (χ1n) is 9.84. The number of nitrogens with one attached hydrogen (secondary N) is 2. The number of rotatable bonds is 7. The van der Waals surface area contributed by atoms with Gasteiger partial charge in [0.25, 0.3) is 0 Å². The first-order valence-corrected chi connectivity index (χ1v) is 10.7. The van der Waals surface area contributed by atoms with Crippen LogP contribution in [0.4, 0.5) is 4.79 Å². The topological polar surface area (TPSA) is 51.4 Å². The van der Waals surface area contributed by atoms with Gasteiger partial charge in [-0.15, -0.1) is 11.3 Å². The smallest absolute Gasteiger partial charge is 0.318 e. The lowest BCUT2D eigenvalue weighted by molar-refractivity contribution is 0.187. The van der Waals surface area contributed by atoms with Gasteiger partial charge in [0.15, 0.2) is 0 Å². The predicted molar refractivity (Wildman–Crippen MR) is 116 cm³/mol. The maximum Gasteiger partial charge on any atom is 0.318 e. The highest BCUT2D eigenvalue weighted by atomic mass is 32.1. The second-order valence-electron chi connectivity index (χ2n) is 7.89. The SMILES string of the molecule is Cc1ccsc1[C@@H](CNC(=O)N(Cc1ccc2[nH]ccc2c1)C1CC1)N(C)C. The Morgan fingerprint density at radius 1 is 1.29 bits per heavy atom. The van der Waals surface area contributed by atoms with Crippen molar-refractivity contribution in [3.8, 4) is 0 Å². The largest absolute Gasteiger partial charge is 0.361 e. The summed E-state index contributed by atoms with van der Waals surface area (Å²) < 4.78 is 0. The summed E-state index contributed by atoms with van der Waals surface area (Å²) in [4.78, 5) is 21.7. The number of hydrogen-bond donors (Lipinski definition) is 2. The van der Waals surface area contributed by atoms with E-state index in [1.165, 1.54) is 21.4 Å². The van der Waals surface area contributed by atoms with E-state index in [4.69, 9.17) is 0 Å². The van der Waals surface area contributed by atoms with Crippen LogP contribution in [0.5, 0.6) is 0 Å². The maximum absolute atomic E-state index is 13.0. The third kappa shape index (κ3) is 4.08. The van der Waals surface area contributed by atoms with Gasteiger partial charge in [-0.05, 0) is 80.0 Å². The number of aromatic nitrogens is 1. The van der Waals surface area contributed by atoms with Crippen molar-refractivity contribution in [1.82, 2.24) is 20.1 Å². The average Bonchev–Trinajstić information content (AvgIpc) is 3.25. The molecule has 0 spiro atoms. The van der Waals surface area contributed by atoms with E-state index < -0.39 is 0 Å². The van der Waals surface area contributed by atoms with Crippen LogP contribution in [0.1, 0.15) is 34.9 Å². The van der Waals surface area contributed by atoms with E-state index in [9.17, 15) is 4.79 Å². The molecule has 1 fully saturated rings. The molecule has 2 N–H and O–H groups in total. The highest BCUT2D eigenvalue weighted by Crippen LogP contribution is 2.30. The molecule has 0 aliphatic heterocycles. The minimum absolute atomic E-state index is 0.0396. The number of aryl methyl sites for hydroxylation is 1. The van der Waals surface area contributed by atoms with Gasteiger partial charge in [-0.25, -0.2) is 4.79 Å². The van der Waals surface area contributed by atoms with Crippen molar-refractivity contribution >= 4 is 28.3 Å². The molecule has 2 heterocycles. The Balaban J connectivity index is 1.44. The number of fused-ring (bicyclic) bond motifs is 1. The Morgan fingerprint density at radius 3 is 2.79 bits per heavy atom. The van der Waals surface area contributed by atoms with Crippen molar-refractivity contribution in [1.29, 1.82) is 0 Å². The fourth-order valence-electron chi connectivity index (χ4n) is 3.67. The molecule has 148 valence electrons. The monoisotopic (exact) mass is 396 g/mol. The number of nitrogens with zero attached hydrogens (tertiary/aromatic N) is 2. The highest BCUT2D eigenvalue weighted by molar-refractivity contribution is 7.10. The number of urea groups is 1. The number of likely N-dealkylation sites (N-methyl/N-ethyl adjacent to an activating group) is 1. The Morgan fingerprint density at radius 2 is 2.11 bits per heavy atom. The maximum atomic E-state index is 13.0. The number of carbonyl (C=O) groups is 1. The minimum Gasteiger partial charge on any atom is -0.361 e. The van der Waals surface area contributed by atoms with Gasteiger partial charge in [0.05, 0.1) is 6.04 Å². The Labute approximate surface area is 170 Å². The van der Waals surface area contributed by atoms with Crippen LogP contribution in [0.25, 0.3) is 10.9 Å². The van der Waals surface area contributed by atoms with Gasteiger partial charge in [0.2, 0.25) is 0 Å². The van der Waals surface area contributed by atoms with Gasteiger partial charge >= 0.3 is 6.03 Å². The predicted octanol–water partition coefficient (Wildman–Crippen LogP) is 4.51. The van der Waals surface area contributed by atoms with E-state index in [-0.39, 0.29) is 12.1 Å². The van der Waals surface area contributed by atoms with Crippen molar-refractivity contribution in [3.63, 3.8) is 0 Å². The number of carbonyl (C=O) groups excluding carboxylic acids is 1. The van der Waals surface area contributed by atoms with Crippen molar-refractivity contribution in [2.24, 2.45) is 0 Å². The first kappa shape index (κ1) is 19.0. The Hall–Kier alpha value is -2.31. The zero-order valence-corrected chi connectivity index (χ0v) is 17.6. The quantitative estimate of drug-likeness (QED) is 0.617. The second-order valence-corrected chi connectivity index (χ2v) is 8.84. The molecule has 1 saturated carbocycles. The summed E-state index contributed by atoms with van der Waals surface area (Å²) in [6, 6.07) is 11.2. The van der Waals surface area contributed by atoms with Gasteiger partial charge in [-0.1, -0.05) is 6.07 Å². The van der Waals surface area contributed by atoms with Crippen molar-refractivity contribution in [2.45, 2.75) is 38.4 Å². The zero-order chi connectivity index (χ0) is 19.7. The van der Waals surface area contributed by atoms with E-state index in [1.807, 2.05) is 11.1 Å². The molecule has 2 amide bonds. The third-order valence-electron chi connectivity index (χ3n) is 5.49. The summed E-state index contributed by atoms with van der Waals surface area (Å²) in [5.74, 6) is 0. The number of H-pyrrole nitrogens is 1. The molecule has 5 nitrogen and oxygen atoms in total. The second kappa shape index (κ2) is 7.97. The fraction of sp³-hybridized carbons (Fsp3) is 0.409. The molecule has 1 aliphatic carbocycles. The molecule has 6 heteroatoms. The molecule has 1 atom stereocenters. The summed E-state index contributed by atoms with van der Waals surface area (Å²) >= 11 is 1.76. The van der Waals surface area contributed by atoms with E-state index >= 15 is 0 Å². The van der Waals surface area contributed by atoms with Gasteiger partial charge in [-0.2, -0.15) is 0 Å². The van der Waals surface area contributed by atoms with Crippen LogP contribution < -0.4 is 5.32 Å². The number of amides is 2. The molecule has 1 aliphatic rings. The standard InChI is InChI=1S/C22H28N4OS/c1-15-9-11-28-21(15)20(25(2)3)13-24-22(27)26(18-5-6-18)14-16-4-7-19-17(12-16)8-10-23-19/h4,7-12,18,20,23H,5-6,13-14H2,1-3H3,(H,24,27)/t20-/m1/s1. The molecule has 0 bridgehead atoms. The molecule has 28 heavy (non-hydrogen) atoms. The minimum atomic E-state index is 0.0396. The molecular weight excluding hydrogens is 368 g/mol. The molecule has 0 unspecified atom stereocenters. The third-order valence-corrected chi connectivity index (χ3v) is 6.61. The van der Waals surface area contributed by atoms with E-state index in [0.29, 0.717) is 19.1 Å². The lowest BCUT2D eigenvalue weighted by Gasteiger charge is -2.28. The van der Waals surface area contributed by atoms with Crippen LogP contribution in [-0.4, -0.2) is 47.5 Å². The number of aromatic amines is 1. The normalized spacial score (nSPS) is 15.1. The van der Waals surface area contributed by atoms with Gasteiger partial charge in [-0.3, -0.25) is 0 Å². The van der Waals surface area contributed by atoms with Crippen LogP contribution >= 0.6 is 11.3 Å². The Bertz CT molecular complexity index is 956. The van der Waals surface area contributed by atoms with Crippen LogP contribution in [0.15, 0.2) is 41.9 Å². The lowest BCUT2D eigenvalue weighted by atomic mass is 10.1. The summed E-state index contributed by atoms with van der Waals surface area (Å²) in [5, 5.41) is 6.51. The molecule has 4 rings (SSSR count). The summed E-state index contributed by atoms with van der Waals surface area (Å²) in [5.41, 5.74) is 3.59. The fourth-order valence-corrected chi connectivity index (χ4v) is 4.80.